The van der Waals surface area contributed by atoms with Gasteiger partial charge in [-0.2, -0.15) is 0 Å². The molecule has 0 radical (unpaired) electrons. The van der Waals surface area contributed by atoms with Gasteiger partial charge in [0.1, 0.15) is 0 Å². The van der Waals surface area contributed by atoms with Gasteiger partial charge >= 0.3 is 0 Å². The number of carbonyl (C=O) groups is 1. The van der Waals surface area contributed by atoms with Crippen LogP contribution in [0.15, 0.2) is 24.3 Å². The first-order valence-electron chi connectivity index (χ1n) is 7.55. The van der Waals surface area contributed by atoms with E-state index >= 15 is 0 Å². The highest BCUT2D eigenvalue weighted by Crippen LogP contribution is 2.28. The Kier molecular flexibility index (Phi) is 7.20. The van der Waals surface area contributed by atoms with Gasteiger partial charge in [0.2, 0.25) is 5.91 Å². The molecule has 118 valence electrons. The molecule has 0 aliphatic rings. The largest absolute Gasteiger partial charge is 0.396 e. The summed E-state index contributed by atoms with van der Waals surface area (Å²) >= 11 is 5.93. The van der Waals surface area contributed by atoms with E-state index in [1.165, 1.54) is 0 Å². The van der Waals surface area contributed by atoms with Gasteiger partial charge in [0.05, 0.1) is 5.92 Å². The lowest BCUT2D eigenvalue weighted by molar-refractivity contribution is -0.135. The van der Waals surface area contributed by atoms with E-state index in [0.717, 1.165) is 5.56 Å². The lowest BCUT2D eigenvalue weighted by atomic mass is 9.87. The molecule has 4 heteroatoms. The summed E-state index contributed by atoms with van der Waals surface area (Å²) in [5.41, 5.74) is 0.994. The Bertz CT molecular complexity index is 443. The number of rotatable bonds is 7. The zero-order valence-corrected chi connectivity index (χ0v) is 14.1. The SMILES string of the molecule is CC(C)C(C(=O)N(CCCO)C(C)C)c1ccc(Cl)cc1. The first kappa shape index (κ1) is 18.0. The fraction of sp³-hybridized carbons (Fsp3) is 0.588. The molecule has 1 aromatic carbocycles. The summed E-state index contributed by atoms with van der Waals surface area (Å²) in [5, 5.41) is 9.70. The molecule has 0 bridgehead atoms. The van der Waals surface area contributed by atoms with Gasteiger partial charge in [-0.3, -0.25) is 4.79 Å². The molecule has 0 saturated heterocycles. The van der Waals surface area contributed by atoms with Gasteiger partial charge in [0.15, 0.2) is 0 Å². The van der Waals surface area contributed by atoms with Gasteiger partial charge in [0, 0.05) is 24.2 Å². The third kappa shape index (κ3) is 5.01. The van der Waals surface area contributed by atoms with Crippen molar-refractivity contribution >= 4 is 17.5 Å². The van der Waals surface area contributed by atoms with Crippen LogP contribution < -0.4 is 0 Å². The normalized spacial score (nSPS) is 12.8. The van der Waals surface area contributed by atoms with E-state index in [-0.39, 0.29) is 30.4 Å². The van der Waals surface area contributed by atoms with E-state index < -0.39 is 0 Å². The summed E-state index contributed by atoms with van der Waals surface area (Å²) in [4.78, 5) is 14.8. The Morgan fingerprint density at radius 3 is 2.19 bits per heavy atom. The van der Waals surface area contributed by atoms with E-state index in [1.54, 1.807) is 0 Å². The minimum Gasteiger partial charge on any atom is -0.396 e. The average molecular weight is 312 g/mol. The van der Waals surface area contributed by atoms with Crippen molar-refractivity contribution in [1.82, 2.24) is 4.90 Å². The van der Waals surface area contributed by atoms with Crippen LogP contribution in [0.4, 0.5) is 0 Å². The lowest BCUT2D eigenvalue weighted by Gasteiger charge is -2.32. The van der Waals surface area contributed by atoms with E-state index in [0.29, 0.717) is 18.0 Å². The molecule has 1 unspecified atom stereocenters. The van der Waals surface area contributed by atoms with E-state index in [1.807, 2.05) is 43.0 Å². The summed E-state index contributed by atoms with van der Waals surface area (Å²) in [6.07, 6.45) is 0.607. The van der Waals surface area contributed by atoms with E-state index in [9.17, 15) is 4.79 Å². The lowest BCUT2D eigenvalue weighted by Crippen LogP contribution is -2.42. The molecule has 0 heterocycles. The van der Waals surface area contributed by atoms with E-state index in [4.69, 9.17) is 16.7 Å². The number of amides is 1. The maximum Gasteiger partial charge on any atom is 0.230 e. The highest BCUT2D eigenvalue weighted by molar-refractivity contribution is 6.30. The van der Waals surface area contributed by atoms with Crippen LogP contribution in [0.1, 0.15) is 45.6 Å². The third-order valence-corrected chi connectivity index (χ3v) is 3.88. The fourth-order valence-electron chi connectivity index (χ4n) is 2.53. The molecule has 3 nitrogen and oxygen atoms in total. The predicted molar refractivity (Wildman–Crippen MR) is 87.6 cm³/mol. The standard InChI is InChI=1S/C17H26ClNO2/c1-12(2)16(14-6-8-15(18)9-7-14)17(21)19(13(3)4)10-5-11-20/h6-9,12-13,16,20H,5,10-11H2,1-4H3. The van der Waals surface area contributed by atoms with Crippen LogP contribution in [0, 0.1) is 5.92 Å². The van der Waals surface area contributed by atoms with Crippen molar-refractivity contribution in [3.8, 4) is 0 Å². The van der Waals surface area contributed by atoms with Gasteiger partial charge in [0.25, 0.3) is 0 Å². The van der Waals surface area contributed by atoms with Crippen LogP contribution in [0.3, 0.4) is 0 Å². The Hall–Kier alpha value is -1.06. The van der Waals surface area contributed by atoms with Gasteiger partial charge in [-0.15, -0.1) is 0 Å². The van der Waals surface area contributed by atoms with Crippen LogP contribution in [-0.4, -0.2) is 35.1 Å². The maximum atomic E-state index is 12.9. The van der Waals surface area contributed by atoms with Crippen LogP contribution in [-0.2, 0) is 4.79 Å². The molecule has 1 amide bonds. The molecule has 1 rings (SSSR count). The zero-order valence-electron chi connectivity index (χ0n) is 13.3. The molecule has 0 spiro atoms. The van der Waals surface area contributed by atoms with Crippen molar-refractivity contribution < 1.29 is 9.90 Å². The molecule has 1 atom stereocenters. The number of carbonyl (C=O) groups excluding carboxylic acids is 1. The molecular formula is C17H26ClNO2. The fourth-order valence-corrected chi connectivity index (χ4v) is 2.65. The zero-order chi connectivity index (χ0) is 16.0. The molecule has 0 aliphatic heterocycles. The number of nitrogens with zero attached hydrogens (tertiary/aromatic N) is 1. The number of benzene rings is 1. The number of hydrogen-bond donors (Lipinski definition) is 1. The molecule has 1 aromatic rings. The van der Waals surface area contributed by atoms with Crippen molar-refractivity contribution in [3.05, 3.63) is 34.9 Å². The second-order valence-electron chi connectivity index (χ2n) is 5.98. The van der Waals surface area contributed by atoms with Crippen LogP contribution in [0.2, 0.25) is 5.02 Å². The minimum atomic E-state index is -0.177. The second-order valence-corrected chi connectivity index (χ2v) is 6.41. The van der Waals surface area contributed by atoms with Crippen molar-refractivity contribution in [1.29, 1.82) is 0 Å². The summed E-state index contributed by atoms with van der Waals surface area (Å²) in [6.45, 7) is 8.82. The molecule has 1 N–H and O–H groups in total. The van der Waals surface area contributed by atoms with Crippen molar-refractivity contribution in [2.75, 3.05) is 13.2 Å². The Morgan fingerprint density at radius 2 is 1.76 bits per heavy atom. The Morgan fingerprint density at radius 1 is 1.19 bits per heavy atom. The van der Waals surface area contributed by atoms with Crippen LogP contribution in [0.25, 0.3) is 0 Å². The van der Waals surface area contributed by atoms with Gasteiger partial charge < -0.3 is 10.0 Å². The Balaban J connectivity index is 3.02. The molecule has 0 fully saturated rings. The first-order chi connectivity index (χ1) is 9.88. The minimum absolute atomic E-state index is 0.101. The summed E-state index contributed by atoms with van der Waals surface area (Å²) in [7, 11) is 0. The molecule has 0 aliphatic carbocycles. The van der Waals surface area contributed by atoms with Gasteiger partial charge in [-0.25, -0.2) is 0 Å². The highest BCUT2D eigenvalue weighted by Gasteiger charge is 2.29. The van der Waals surface area contributed by atoms with Crippen LogP contribution >= 0.6 is 11.6 Å². The molecule has 21 heavy (non-hydrogen) atoms. The predicted octanol–water partition coefficient (Wildman–Crippen LogP) is 3.70. The van der Waals surface area contributed by atoms with Crippen molar-refractivity contribution in [2.45, 2.75) is 46.1 Å². The number of aliphatic hydroxyl groups excluding tert-OH is 1. The topological polar surface area (TPSA) is 40.5 Å². The molecule has 0 saturated carbocycles. The van der Waals surface area contributed by atoms with Crippen LogP contribution in [0.5, 0.6) is 0 Å². The van der Waals surface area contributed by atoms with Crippen molar-refractivity contribution in [3.63, 3.8) is 0 Å². The second kappa shape index (κ2) is 8.40. The van der Waals surface area contributed by atoms with Gasteiger partial charge in [-0.1, -0.05) is 37.6 Å². The van der Waals surface area contributed by atoms with E-state index in [2.05, 4.69) is 13.8 Å². The maximum absolute atomic E-state index is 12.9. The average Bonchev–Trinajstić information content (AvgIpc) is 2.41. The smallest absolute Gasteiger partial charge is 0.230 e. The number of aliphatic hydroxyl groups is 1. The molecule has 0 aromatic heterocycles. The van der Waals surface area contributed by atoms with Gasteiger partial charge in [-0.05, 0) is 43.9 Å². The van der Waals surface area contributed by atoms with Crippen molar-refractivity contribution in [2.24, 2.45) is 5.92 Å². The summed E-state index contributed by atoms with van der Waals surface area (Å²) < 4.78 is 0. The highest BCUT2D eigenvalue weighted by atomic mass is 35.5. The first-order valence-corrected chi connectivity index (χ1v) is 7.93. The molecular weight excluding hydrogens is 286 g/mol. The summed E-state index contributed by atoms with van der Waals surface area (Å²) in [6, 6.07) is 7.63. The quantitative estimate of drug-likeness (QED) is 0.834. The monoisotopic (exact) mass is 311 g/mol. The number of hydrogen-bond acceptors (Lipinski definition) is 2. The third-order valence-electron chi connectivity index (χ3n) is 3.63. The summed E-state index contributed by atoms with van der Waals surface area (Å²) in [5.74, 6) is 0.146. The Labute approximate surface area is 132 Å². The number of halogens is 1.